The maximum absolute atomic E-state index is 13.7. The molecule has 0 saturated carbocycles. The summed E-state index contributed by atoms with van der Waals surface area (Å²) >= 11 is 0. The zero-order valence-electron chi connectivity index (χ0n) is 11.9. The number of benzene rings is 1. The van der Waals surface area contributed by atoms with Crippen molar-refractivity contribution in [2.24, 2.45) is 0 Å². The zero-order valence-corrected chi connectivity index (χ0v) is 12.7. The van der Waals surface area contributed by atoms with E-state index >= 15 is 0 Å². The molecule has 0 aliphatic carbocycles. The second-order valence-corrected chi connectivity index (χ2v) is 7.19. The highest BCUT2D eigenvalue weighted by Gasteiger charge is 2.31. The highest BCUT2D eigenvalue weighted by atomic mass is 32.2. The van der Waals surface area contributed by atoms with E-state index in [1.807, 2.05) is 6.92 Å². The van der Waals surface area contributed by atoms with Crippen LogP contribution in [0.2, 0.25) is 0 Å². The first-order chi connectivity index (χ1) is 10.4. The zero-order chi connectivity index (χ0) is 15.9. The van der Waals surface area contributed by atoms with Crippen LogP contribution in [0.25, 0.3) is 0 Å². The normalized spacial score (nSPS) is 14.2. The molecule has 0 spiro atoms. The molecule has 3 rings (SSSR count). The van der Waals surface area contributed by atoms with E-state index in [-0.39, 0.29) is 12.1 Å². The van der Waals surface area contributed by atoms with Crippen LogP contribution in [0.1, 0.15) is 16.8 Å². The Morgan fingerprint density at radius 3 is 2.77 bits per heavy atom. The number of pyridine rings is 1. The molecule has 1 aromatic heterocycles. The summed E-state index contributed by atoms with van der Waals surface area (Å²) < 4.78 is 53.0. The van der Waals surface area contributed by atoms with Crippen molar-refractivity contribution in [2.75, 3.05) is 10.8 Å². The number of hydrogen-bond acceptors (Lipinski definition) is 3. The summed E-state index contributed by atoms with van der Waals surface area (Å²) in [6, 6.07) is 4.66. The number of aromatic nitrogens is 1. The van der Waals surface area contributed by atoms with Crippen LogP contribution >= 0.6 is 0 Å². The van der Waals surface area contributed by atoms with E-state index in [2.05, 4.69) is 4.98 Å². The van der Waals surface area contributed by atoms with Gasteiger partial charge in [-0.05, 0) is 24.6 Å². The molecule has 4 nitrogen and oxygen atoms in total. The van der Waals surface area contributed by atoms with Gasteiger partial charge in [0.15, 0.2) is 0 Å². The third-order valence-electron chi connectivity index (χ3n) is 3.59. The van der Waals surface area contributed by atoms with Crippen molar-refractivity contribution in [3.63, 3.8) is 0 Å². The number of fused-ring (bicyclic) bond motifs is 1. The van der Waals surface area contributed by atoms with Crippen molar-refractivity contribution in [2.45, 2.75) is 19.1 Å². The van der Waals surface area contributed by atoms with Crippen molar-refractivity contribution >= 4 is 15.7 Å². The predicted octanol–water partition coefficient (Wildman–Crippen LogP) is 2.56. The number of anilines is 1. The number of sulfonamides is 1. The molecule has 7 heteroatoms. The minimum absolute atomic E-state index is 0.0459. The lowest BCUT2D eigenvalue weighted by Gasteiger charge is -2.19. The fourth-order valence-corrected chi connectivity index (χ4v) is 4.13. The molecule has 0 unspecified atom stereocenters. The lowest BCUT2D eigenvalue weighted by atomic mass is 10.2. The van der Waals surface area contributed by atoms with Gasteiger partial charge in [-0.1, -0.05) is 6.07 Å². The molecule has 0 saturated heterocycles. The predicted molar refractivity (Wildman–Crippen MR) is 79.0 cm³/mol. The van der Waals surface area contributed by atoms with Gasteiger partial charge in [-0.2, -0.15) is 0 Å². The maximum atomic E-state index is 13.7. The molecule has 0 radical (unpaired) electrons. The Morgan fingerprint density at radius 1 is 1.27 bits per heavy atom. The molecule has 0 N–H and O–H groups in total. The van der Waals surface area contributed by atoms with Crippen LogP contribution in [-0.2, 0) is 22.2 Å². The summed E-state index contributed by atoms with van der Waals surface area (Å²) in [4.78, 5) is 4.23. The smallest absolute Gasteiger partial charge is 0.239 e. The number of nitrogens with zero attached hydrogens (tertiary/aromatic N) is 2. The third kappa shape index (κ3) is 2.68. The minimum atomic E-state index is -3.75. The molecule has 0 atom stereocenters. The first kappa shape index (κ1) is 14.9. The lowest BCUT2D eigenvalue weighted by molar-refractivity contribution is 0.568. The first-order valence-electron chi connectivity index (χ1n) is 6.77. The van der Waals surface area contributed by atoms with Gasteiger partial charge in [0.25, 0.3) is 0 Å². The molecule has 116 valence electrons. The lowest BCUT2D eigenvalue weighted by Crippen LogP contribution is -2.30. The van der Waals surface area contributed by atoms with Gasteiger partial charge in [0, 0.05) is 30.8 Å². The van der Waals surface area contributed by atoms with Gasteiger partial charge in [0.1, 0.15) is 11.6 Å². The van der Waals surface area contributed by atoms with Crippen LogP contribution in [0.15, 0.2) is 30.5 Å². The average Bonchev–Trinajstić information content (AvgIpc) is 2.85. The fraction of sp³-hybridized carbons (Fsp3) is 0.267. The highest BCUT2D eigenvalue weighted by molar-refractivity contribution is 7.92. The highest BCUT2D eigenvalue weighted by Crippen LogP contribution is 2.31. The van der Waals surface area contributed by atoms with E-state index in [0.29, 0.717) is 23.9 Å². The summed E-state index contributed by atoms with van der Waals surface area (Å²) in [5.74, 6) is -2.10. The molecular weight excluding hydrogens is 310 g/mol. The van der Waals surface area contributed by atoms with E-state index in [1.54, 1.807) is 12.3 Å². The molecule has 1 aliphatic heterocycles. The van der Waals surface area contributed by atoms with Gasteiger partial charge in [-0.3, -0.25) is 9.29 Å². The number of rotatable bonds is 3. The van der Waals surface area contributed by atoms with Crippen LogP contribution in [0.5, 0.6) is 0 Å². The number of halogens is 2. The molecule has 1 aromatic carbocycles. The quantitative estimate of drug-likeness (QED) is 0.872. The second-order valence-electron chi connectivity index (χ2n) is 5.29. The van der Waals surface area contributed by atoms with E-state index < -0.39 is 27.4 Å². The van der Waals surface area contributed by atoms with Crippen molar-refractivity contribution in [1.82, 2.24) is 4.98 Å². The Morgan fingerprint density at radius 2 is 2.05 bits per heavy atom. The Hall–Kier alpha value is -2.02. The number of hydrogen-bond donors (Lipinski definition) is 0. The van der Waals surface area contributed by atoms with E-state index in [0.717, 1.165) is 17.7 Å². The van der Waals surface area contributed by atoms with E-state index in [4.69, 9.17) is 0 Å². The Bertz CT molecular complexity index is 837. The van der Waals surface area contributed by atoms with Crippen LogP contribution < -0.4 is 4.31 Å². The Labute approximate surface area is 127 Å². The van der Waals surface area contributed by atoms with Crippen LogP contribution in [0.4, 0.5) is 14.5 Å². The van der Waals surface area contributed by atoms with Crippen molar-refractivity contribution in [3.8, 4) is 0 Å². The molecule has 0 amide bonds. The van der Waals surface area contributed by atoms with Crippen molar-refractivity contribution in [1.29, 1.82) is 0 Å². The summed E-state index contributed by atoms with van der Waals surface area (Å²) in [7, 11) is -3.75. The van der Waals surface area contributed by atoms with Crippen LogP contribution in [0, 0.1) is 18.6 Å². The monoisotopic (exact) mass is 324 g/mol. The van der Waals surface area contributed by atoms with Gasteiger partial charge in [0.2, 0.25) is 10.0 Å². The van der Waals surface area contributed by atoms with Crippen LogP contribution in [0.3, 0.4) is 0 Å². The molecule has 2 aromatic rings. The van der Waals surface area contributed by atoms with Gasteiger partial charge >= 0.3 is 0 Å². The largest absolute Gasteiger partial charge is 0.268 e. The molecular formula is C15H14F2N2O2S. The average molecular weight is 324 g/mol. The second kappa shape index (κ2) is 5.31. The SMILES string of the molecule is Cc1cnc2c(c1)N(S(=O)(=O)Cc1ccc(F)cc1F)CC2. The molecule has 22 heavy (non-hydrogen) atoms. The summed E-state index contributed by atoms with van der Waals surface area (Å²) in [5.41, 5.74) is 2.07. The van der Waals surface area contributed by atoms with Crippen molar-refractivity contribution in [3.05, 3.63) is 58.9 Å². The van der Waals surface area contributed by atoms with Gasteiger partial charge < -0.3 is 0 Å². The standard InChI is InChI=1S/C15H14F2N2O2S/c1-10-6-15-14(18-8-10)4-5-19(15)22(20,21)9-11-2-3-12(16)7-13(11)17/h2-3,6-8H,4-5,9H2,1H3. The molecule has 0 fully saturated rings. The number of aryl methyl sites for hydroxylation is 1. The van der Waals surface area contributed by atoms with E-state index in [1.165, 1.54) is 4.31 Å². The molecule has 0 bridgehead atoms. The first-order valence-corrected chi connectivity index (χ1v) is 8.37. The summed E-state index contributed by atoms with van der Waals surface area (Å²) in [6.07, 6.45) is 2.22. The van der Waals surface area contributed by atoms with Crippen LogP contribution in [-0.4, -0.2) is 19.9 Å². The molecule has 1 aliphatic rings. The third-order valence-corrected chi connectivity index (χ3v) is 5.32. The molecule has 2 heterocycles. The fourth-order valence-electron chi connectivity index (χ4n) is 2.52. The maximum Gasteiger partial charge on any atom is 0.239 e. The minimum Gasteiger partial charge on any atom is -0.268 e. The van der Waals surface area contributed by atoms with E-state index in [9.17, 15) is 17.2 Å². The van der Waals surface area contributed by atoms with Gasteiger partial charge in [-0.25, -0.2) is 17.2 Å². The summed E-state index contributed by atoms with van der Waals surface area (Å²) in [5, 5.41) is 0. The van der Waals surface area contributed by atoms with Gasteiger partial charge in [0.05, 0.1) is 17.1 Å². The Kier molecular flexibility index (Phi) is 3.60. The Balaban J connectivity index is 1.94. The van der Waals surface area contributed by atoms with Gasteiger partial charge in [-0.15, -0.1) is 0 Å². The van der Waals surface area contributed by atoms with Crippen molar-refractivity contribution < 1.29 is 17.2 Å². The summed E-state index contributed by atoms with van der Waals surface area (Å²) in [6.45, 7) is 2.12. The topological polar surface area (TPSA) is 50.3 Å².